The highest BCUT2D eigenvalue weighted by Gasteiger charge is 2.16. The molecule has 0 unspecified atom stereocenters. The second kappa shape index (κ2) is 7.40. The third kappa shape index (κ3) is 3.93. The van der Waals surface area contributed by atoms with Gasteiger partial charge in [-0.25, -0.2) is 4.73 Å². The van der Waals surface area contributed by atoms with E-state index in [1.165, 1.54) is 48.7 Å². The lowest BCUT2D eigenvalue weighted by atomic mass is 10.1. The number of aromatic nitrogens is 2. The summed E-state index contributed by atoms with van der Waals surface area (Å²) in [6, 6.07) is 13.0. The predicted molar refractivity (Wildman–Crippen MR) is 97.3 cm³/mol. The van der Waals surface area contributed by atoms with Gasteiger partial charge in [-0.05, 0) is 34.8 Å². The standard InChI is InChI=1S/C18H12N4O5/c23-20-15(7-4-13-5-8-16(9-6-13)21(24)25)10-11-19-18(20)14-2-1-3-17(12-14)22(26)27/h1-12H. The Balaban J connectivity index is 1.92. The van der Waals surface area contributed by atoms with Gasteiger partial charge in [-0.2, -0.15) is 0 Å². The van der Waals surface area contributed by atoms with E-state index in [0.29, 0.717) is 15.9 Å². The quantitative estimate of drug-likeness (QED) is 0.296. The first-order chi connectivity index (χ1) is 13.0. The van der Waals surface area contributed by atoms with Crippen molar-refractivity contribution in [1.29, 1.82) is 0 Å². The summed E-state index contributed by atoms with van der Waals surface area (Å²) < 4.78 is 0.570. The van der Waals surface area contributed by atoms with E-state index in [2.05, 4.69) is 4.98 Å². The van der Waals surface area contributed by atoms with Crippen LogP contribution in [0.3, 0.4) is 0 Å². The van der Waals surface area contributed by atoms with Gasteiger partial charge in [-0.15, -0.1) is 0 Å². The van der Waals surface area contributed by atoms with Gasteiger partial charge in [0.2, 0.25) is 0 Å². The van der Waals surface area contributed by atoms with Gasteiger partial charge in [-0.1, -0.05) is 12.1 Å². The Hall–Kier alpha value is -4.14. The summed E-state index contributed by atoms with van der Waals surface area (Å²) in [4.78, 5) is 24.6. The average molecular weight is 364 g/mol. The first-order valence-corrected chi connectivity index (χ1v) is 7.71. The second-order valence-corrected chi connectivity index (χ2v) is 5.48. The molecule has 9 heteroatoms. The normalized spacial score (nSPS) is 10.8. The Morgan fingerprint density at radius 1 is 0.889 bits per heavy atom. The summed E-state index contributed by atoms with van der Waals surface area (Å²) in [5, 5.41) is 34.1. The molecule has 9 nitrogen and oxygen atoms in total. The number of hydrogen-bond acceptors (Lipinski definition) is 6. The molecular weight excluding hydrogens is 352 g/mol. The van der Waals surface area contributed by atoms with Crippen LogP contribution in [0.25, 0.3) is 23.5 Å². The highest BCUT2D eigenvalue weighted by molar-refractivity contribution is 5.68. The van der Waals surface area contributed by atoms with Crippen LogP contribution < -0.4 is 4.73 Å². The van der Waals surface area contributed by atoms with Crippen LogP contribution in [0, 0.1) is 25.4 Å². The molecule has 2 aromatic carbocycles. The van der Waals surface area contributed by atoms with E-state index in [-0.39, 0.29) is 22.9 Å². The van der Waals surface area contributed by atoms with Crippen molar-refractivity contribution in [2.45, 2.75) is 0 Å². The molecule has 1 heterocycles. The van der Waals surface area contributed by atoms with Crippen LogP contribution in [-0.4, -0.2) is 14.8 Å². The Morgan fingerprint density at radius 3 is 2.26 bits per heavy atom. The van der Waals surface area contributed by atoms with Crippen molar-refractivity contribution >= 4 is 23.5 Å². The zero-order valence-corrected chi connectivity index (χ0v) is 13.8. The molecule has 3 aromatic rings. The number of hydrogen-bond donors (Lipinski definition) is 0. The Morgan fingerprint density at radius 2 is 1.59 bits per heavy atom. The van der Waals surface area contributed by atoms with Gasteiger partial charge in [-0.3, -0.25) is 20.2 Å². The predicted octanol–water partition coefficient (Wildman–Crippen LogP) is 3.37. The third-order valence-corrected chi connectivity index (χ3v) is 3.73. The van der Waals surface area contributed by atoms with E-state index in [9.17, 15) is 25.4 Å². The van der Waals surface area contributed by atoms with Crippen molar-refractivity contribution in [2.75, 3.05) is 0 Å². The number of rotatable bonds is 5. The van der Waals surface area contributed by atoms with E-state index >= 15 is 0 Å². The fourth-order valence-corrected chi connectivity index (χ4v) is 2.39. The molecule has 27 heavy (non-hydrogen) atoms. The van der Waals surface area contributed by atoms with Crippen molar-refractivity contribution < 1.29 is 14.6 Å². The molecule has 0 fully saturated rings. The number of nitro groups is 2. The molecular formula is C18H12N4O5. The largest absolute Gasteiger partial charge is 0.710 e. The van der Waals surface area contributed by atoms with E-state index in [0.717, 1.165) is 0 Å². The van der Waals surface area contributed by atoms with Crippen LogP contribution in [0.4, 0.5) is 11.4 Å². The molecule has 0 bridgehead atoms. The molecule has 0 atom stereocenters. The zero-order valence-electron chi connectivity index (χ0n) is 13.8. The number of non-ortho nitro benzene ring substituents is 2. The van der Waals surface area contributed by atoms with Crippen molar-refractivity contribution in [3.05, 3.63) is 97.5 Å². The van der Waals surface area contributed by atoms with E-state index in [1.807, 2.05) is 0 Å². The molecule has 0 aliphatic rings. The molecule has 0 aliphatic heterocycles. The lowest BCUT2D eigenvalue weighted by Crippen LogP contribution is -2.33. The minimum atomic E-state index is -0.545. The maximum Gasteiger partial charge on any atom is 0.333 e. The summed E-state index contributed by atoms with van der Waals surface area (Å²) in [5.41, 5.74) is 1.10. The summed E-state index contributed by atoms with van der Waals surface area (Å²) in [6.45, 7) is 0. The van der Waals surface area contributed by atoms with Gasteiger partial charge in [0.1, 0.15) is 11.9 Å². The van der Waals surface area contributed by atoms with Gasteiger partial charge >= 0.3 is 5.82 Å². The van der Waals surface area contributed by atoms with Gasteiger partial charge in [0.25, 0.3) is 11.4 Å². The van der Waals surface area contributed by atoms with Gasteiger partial charge in [0.15, 0.2) is 0 Å². The summed E-state index contributed by atoms with van der Waals surface area (Å²) in [7, 11) is 0. The van der Waals surface area contributed by atoms with Crippen LogP contribution >= 0.6 is 0 Å². The molecule has 0 saturated heterocycles. The lowest BCUT2D eigenvalue weighted by molar-refractivity contribution is -0.598. The summed E-state index contributed by atoms with van der Waals surface area (Å²) in [6.07, 6.45) is 4.60. The van der Waals surface area contributed by atoms with Crippen molar-refractivity contribution in [3.63, 3.8) is 0 Å². The lowest BCUT2D eigenvalue weighted by Gasteiger charge is -2.09. The fourth-order valence-electron chi connectivity index (χ4n) is 2.39. The number of benzene rings is 2. The SMILES string of the molecule is O=[N+]([O-])c1ccc(C=Cc2ccnc(-c3cccc([N+](=O)[O-])c3)[n+]2[O-])cc1. The number of nitrogens with zero attached hydrogens (tertiary/aromatic N) is 4. The minimum absolute atomic E-state index is 0.0251. The maximum absolute atomic E-state index is 12.6. The van der Waals surface area contributed by atoms with Gasteiger partial charge < -0.3 is 5.21 Å². The first-order valence-electron chi connectivity index (χ1n) is 7.71. The van der Waals surface area contributed by atoms with Crippen LogP contribution in [0.2, 0.25) is 0 Å². The zero-order chi connectivity index (χ0) is 19.4. The van der Waals surface area contributed by atoms with Gasteiger partial charge in [0.05, 0.1) is 15.4 Å². The highest BCUT2D eigenvalue weighted by Crippen LogP contribution is 2.20. The van der Waals surface area contributed by atoms with E-state index in [4.69, 9.17) is 0 Å². The Bertz CT molecular complexity index is 1050. The second-order valence-electron chi connectivity index (χ2n) is 5.48. The third-order valence-electron chi connectivity index (χ3n) is 3.73. The van der Waals surface area contributed by atoms with Crippen LogP contribution in [0.1, 0.15) is 11.3 Å². The molecule has 0 spiro atoms. The molecule has 0 aliphatic carbocycles. The summed E-state index contributed by atoms with van der Waals surface area (Å²) >= 11 is 0. The maximum atomic E-state index is 12.6. The van der Waals surface area contributed by atoms with Crippen LogP contribution in [-0.2, 0) is 0 Å². The molecule has 0 saturated carbocycles. The van der Waals surface area contributed by atoms with E-state index < -0.39 is 9.85 Å². The fraction of sp³-hybridized carbons (Fsp3) is 0. The Labute approximate surface area is 152 Å². The topological polar surface area (TPSA) is 126 Å². The summed E-state index contributed by atoms with van der Waals surface area (Å²) in [5.74, 6) is 0.0320. The van der Waals surface area contributed by atoms with Crippen LogP contribution in [0.5, 0.6) is 0 Å². The van der Waals surface area contributed by atoms with Crippen molar-refractivity contribution in [3.8, 4) is 11.4 Å². The van der Waals surface area contributed by atoms with Crippen molar-refractivity contribution in [1.82, 2.24) is 4.98 Å². The smallest absolute Gasteiger partial charge is 0.333 e. The molecule has 3 rings (SSSR count). The molecule has 134 valence electrons. The molecule has 0 amide bonds. The first kappa shape index (κ1) is 17.7. The molecule has 0 N–H and O–H groups in total. The molecule has 0 radical (unpaired) electrons. The Kier molecular flexibility index (Phi) is 4.84. The number of nitro benzene ring substituents is 2. The van der Waals surface area contributed by atoms with E-state index in [1.54, 1.807) is 24.3 Å². The average Bonchev–Trinajstić information content (AvgIpc) is 2.67. The highest BCUT2D eigenvalue weighted by atomic mass is 16.6. The van der Waals surface area contributed by atoms with Gasteiger partial charge in [0, 0.05) is 30.3 Å². The van der Waals surface area contributed by atoms with Crippen molar-refractivity contribution in [2.24, 2.45) is 0 Å². The monoisotopic (exact) mass is 364 g/mol. The van der Waals surface area contributed by atoms with Crippen LogP contribution in [0.15, 0.2) is 60.8 Å². The minimum Gasteiger partial charge on any atom is -0.710 e. The molecule has 1 aromatic heterocycles.